The Kier molecular flexibility index (Phi) is 4.64. The average molecular weight is 261 g/mol. The highest BCUT2D eigenvalue weighted by Gasteiger charge is 2.30. The zero-order chi connectivity index (χ0) is 13.9. The van der Waals surface area contributed by atoms with Gasteiger partial charge in [-0.1, -0.05) is 29.8 Å². The van der Waals surface area contributed by atoms with E-state index in [1.807, 2.05) is 0 Å². The summed E-state index contributed by atoms with van der Waals surface area (Å²) >= 11 is 0. The van der Waals surface area contributed by atoms with E-state index in [4.69, 9.17) is 0 Å². The van der Waals surface area contributed by atoms with Crippen molar-refractivity contribution in [2.24, 2.45) is 0 Å². The third kappa shape index (κ3) is 4.05. The van der Waals surface area contributed by atoms with E-state index < -0.39 is 5.60 Å². The Morgan fingerprint density at radius 3 is 2.47 bits per heavy atom. The van der Waals surface area contributed by atoms with Crippen LogP contribution in [-0.2, 0) is 6.42 Å². The Bertz CT molecular complexity index is 398. The zero-order valence-corrected chi connectivity index (χ0v) is 12.5. The predicted octanol–water partition coefficient (Wildman–Crippen LogP) is 3.16. The van der Waals surface area contributed by atoms with Crippen molar-refractivity contribution in [3.63, 3.8) is 0 Å². The highest BCUT2D eigenvalue weighted by molar-refractivity contribution is 5.22. The number of benzene rings is 1. The van der Waals surface area contributed by atoms with Gasteiger partial charge in [-0.15, -0.1) is 0 Å². The molecule has 106 valence electrons. The second-order valence-corrected chi connectivity index (χ2v) is 6.37. The lowest BCUT2D eigenvalue weighted by molar-refractivity contribution is 0.0249. The second-order valence-electron chi connectivity index (χ2n) is 6.37. The summed E-state index contributed by atoms with van der Waals surface area (Å²) in [6.45, 7) is 8.72. The van der Waals surface area contributed by atoms with Gasteiger partial charge < -0.3 is 10.0 Å². The Labute approximate surface area is 117 Å². The highest BCUT2D eigenvalue weighted by Crippen LogP contribution is 2.27. The Hall–Kier alpha value is -0.860. The van der Waals surface area contributed by atoms with Crippen LogP contribution in [0.2, 0.25) is 0 Å². The molecular weight excluding hydrogens is 234 g/mol. The van der Waals surface area contributed by atoms with E-state index in [9.17, 15) is 5.11 Å². The SMILES string of the molecule is Cc1ccc(CC2(O)CCCN(C(C)C)CC2)cc1. The average Bonchev–Trinajstić information content (AvgIpc) is 2.55. The third-order valence-electron chi connectivity index (χ3n) is 4.34. The van der Waals surface area contributed by atoms with Crippen molar-refractivity contribution in [1.29, 1.82) is 0 Å². The Morgan fingerprint density at radius 1 is 1.16 bits per heavy atom. The summed E-state index contributed by atoms with van der Waals surface area (Å²) in [7, 11) is 0. The van der Waals surface area contributed by atoms with E-state index in [1.165, 1.54) is 11.1 Å². The molecule has 1 heterocycles. The Morgan fingerprint density at radius 2 is 1.84 bits per heavy atom. The fourth-order valence-electron chi connectivity index (χ4n) is 2.98. The van der Waals surface area contributed by atoms with Crippen LogP contribution < -0.4 is 0 Å². The highest BCUT2D eigenvalue weighted by atomic mass is 16.3. The largest absolute Gasteiger partial charge is 0.389 e. The fourth-order valence-corrected chi connectivity index (χ4v) is 2.98. The minimum Gasteiger partial charge on any atom is -0.389 e. The topological polar surface area (TPSA) is 23.5 Å². The predicted molar refractivity (Wildman–Crippen MR) is 80.4 cm³/mol. The van der Waals surface area contributed by atoms with E-state index in [0.29, 0.717) is 6.04 Å². The molecule has 1 aromatic rings. The van der Waals surface area contributed by atoms with Crippen LogP contribution in [0.25, 0.3) is 0 Å². The molecule has 2 heteroatoms. The van der Waals surface area contributed by atoms with Crippen molar-refractivity contribution in [3.8, 4) is 0 Å². The van der Waals surface area contributed by atoms with Crippen LogP contribution in [0.1, 0.15) is 44.2 Å². The maximum atomic E-state index is 10.8. The molecule has 0 aliphatic carbocycles. The Balaban J connectivity index is 2.00. The van der Waals surface area contributed by atoms with Gasteiger partial charge in [0.1, 0.15) is 0 Å². The molecule has 1 atom stereocenters. The summed E-state index contributed by atoms with van der Waals surface area (Å²) in [5, 5.41) is 10.8. The van der Waals surface area contributed by atoms with Crippen molar-refractivity contribution in [2.75, 3.05) is 13.1 Å². The van der Waals surface area contributed by atoms with E-state index in [-0.39, 0.29) is 0 Å². The van der Waals surface area contributed by atoms with Crippen molar-refractivity contribution in [3.05, 3.63) is 35.4 Å². The first kappa shape index (κ1) is 14.5. The minimum atomic E-state index is -0.515. The van der Waals surface area contributed by atoms with Crippen molar-refractivity contribution >= 4 is 0 Å². The summed E-state index contributed by atoms with van der Waals surface area (Å²) in [5.74, 6) is 0. The van der Waals surface area contributed by atoms with Gasteiger partial charge in [0.15, 0.2) is 0 Å². The van der Waals surface area contributed by atoms with Gasteiger partial charge in [-0.05, 0) is 52.1 Å². The normalized spacial score (nSPS) is 25.5. The second kappa shape index (κ2) is 6.06. The summed E-state index contributed by atoms with van der Waals surface area (Å²) in [6, 6.07) is 9.16. The molecule has 1 aromatic carbocycles. The smallest absolute Gasteiger partial charge is 0.0700 e. The van der Waals surface area contributed by atoms with Crippen LogP contribution in [0.5, 0.6) is 0 Å². The van der Waals surface area contributed by atoms with Gasteiger partial charge in [0.05, 0.1) is 5.60 Å². The molecule has 0 amide bonds. The number of aliphatic hydroxyl groups is 1. The van der Waals surface area contributed by atoms with Crippen LogP contribution >= 0.6 is 0 Å². The molecule has 0 aromatic heterocycles. The quantitative estimate of drug-likeness (QED) is 0.903. The minimum absolute atomic E-state index is 0.515. The number of nitrogens with zero attached hydrogens (tertiary/aromatic N) is 1. The molecular formula is C17H27NO. The number of aryl methyl sites for hydroxylation is 1. The maximum Gasteiger partial charge on any atom is 0.0700 e. The standard InChI is InChI=1S/C17H27NO/c1-14(2)18-11-4-9-17(19,10-12-18)13-16-7-5-15(3)6-8-16/h5-8,14,19H,4,9-13H2,1-3H3. The number of rotatable bonds is 3. The molecule has 2 nitrogen and oxygen atoms in total. The summed E-state index contributed by atoms with van der Waals surface area (Å²) < 4.78 is 0. The molecule has 1 N–H and O–H groups in total. The molecule has 1 unspecified atom stereocenters. The lowest BCUT2D eigenvalue weighted by atomic mass is 9.87. The lowest BCUT2D eigenvalue weighted by Gasteiger charge is -2.28. The molecule has 19 heavy (non-hydrogen) atoms. The molecule has 1 fully saturated rings. The lowest BCUT2D eigenvalue weighted by Crippen LogP contribution is -2.35. The molecule has 0 spiro atoms. The molecule has 1 saturated heterocycles. The molecule has 1 aliphatic heterocycles. The van der Waals surface area contributed by atoms with Gasteiger partial charge in [0, 0.05) is 19.0 Å². The first-order valence-corrected chi connectivity index (χ1v) is 7.50. The molecule has 0 saturated carbocycles. The first-order valence-electron chi connectivity index (χ1n) is 7.50. The van der Waals surface area contributed by atoms with Gasteiger partial charge in [0.2, 0.25) is 0 Å². The van der Waals surface area contributed by atoms with E-state index in [1.54, 1.807) is 0 Å². The van der Waals surface area contributed by atoms with Crippen molar-refractivity contribution in [1.82, 2.24) is 4.90 Å². The van der Waals surface area contributed by atoms with Crippen LogP contribution in [0.4, 0.5) is 0 Å². The van der Waals surface area contributed by atoms with E-state index in [2.05, 4.69) is 49.9 Å². The summed E-state index contributed by atoms with van der Waals surface area (Å²) in [4.78, 5) is 2.48. The molecule has 1 aliphatic rings. The van der Waals surface area contributed by atoms with Crippen LogP contribution in [0.15, 0.2) is 24.3 Å². The third-order valence-corrected chi connectivity index (χ3v) is 4.34. The molecule has 0 bridgehead atoms. The first-order chi connectivity index (χ1) is 8.98. The van der Waals surface area contributed by atoms with Crippen LogP contribution in [0, 0.1) is 6.92 Å². The van der Waals surface area contributed by atoms with Gasteiger partial charge in [-0.2, -0.15) is 0 Å². The summed E-state index contributed by atoms with van der Waals surface area (Å²) in [5.41, 5.74) is 2.02. The van der Waals surface area contributed by atoms with Gasteiger partial charge in [-0.3, -0.25) is 0 Å². The fraction of sp³-hybridized carbons (Fsp3) is 0.647. The molecule has 0 radical (unpaired) electrons. The summed E-state index contributed by atoms with van der Waals surface area (Å²) in [6.07, 6.45) is 3.70. The number of hydrogen-bond donors (Lipinski definition) is 1. The van der Waals surface area contributed by atoms with Gasteiger partial charge in [0.25, 0.3) is 0 Å². The monoisotopic (exact) mass is 261 g/mol. The van der Waals surface area contributed by atoms with E-state index >= 15 is 0 Å². The van der Waals surface area contributed by atoms with Gasteiger partial charge in [-0.25, -0.2) is 0 Å². The van der Waals surface area contributed by atoms with Gasteiger partial charge >= 0.3 is 0 Å². The number of likely N-dealkylation sites (tertiary alicyclic amines) is 1. The van der Waals surface area contributed by atoms with Crippen LogP contribution in [0.3, 0.4) is 0 Å². The van der Waals surface area contributed by atoms with Crippen molar-refractivity contribution < 1.29 is 5.11 Å². The molecule has 2 rings (SSSR count). The van der Waals surface area contributed by atoms with Crippen LogP contribution in [-0.4, -0.2) is 34.7 Å². The van der Waals surface area contributed by atoms with Crippen molar-refractivity contribution in [2.45, 2.75) is 58.1 Å². The van der Waals surface area contributed by atoms with E-state index in [0.717, 1.165) is 38.8 Å². The zero-order valence-electron chi connectivity index (χ0n) is 12.5. The maximum absolute atomic E-state index is 10.8. The number of hydrogen-bond acceptors (Lipinski definition) is 2.